The third-order valence-electron chi connectivity index (χ3n) is 6.75. The van der Waals surface area contributed by atoms with Crippen molar-refractivity contribution in [1.82, 2.24) is 4.90 Å². The molecule has 2 aromatic rings. The van der Waals surface area contributed by atoms with Crippen molar-refractivity contribution < 1.29 is 4.74 Å². The van der Waals surface area contributed by atoms with Gasteiger partial charge in [0.2, 0.25) is 0 Å². The Morgan fingerprint density at radius 1 is 1.15 bits per heavy atom. The van der Waals surface area contributed by atoms with Gasteiger partial charge in [0.25, 0.3) is 0 Å². The minimum Gasteiger partial charge on any atom is -0.497 e. The van der Waals surface area contributed by atoms with Crippen molar-refractivity contribution in [1.29, 1.82) is 0 Å². The van der Waals surface area contributed by atoms with Crippen molar-refractivity contribution >= 4 is 6.08 Å². The number of likely N-dealkylation sites (tertiary alicyclic amines) is 1. The van der Waals surface area contributed by atoms with Crippen molar-refractivity contribution in [2.24, 2.45) is 5.92 Å². The largest absolute Gasteiger partial charge is 0.497 e. The van der Waals surface area contributed by atoms with Crippen LogP contribution in [0.15, 0.2) is 60.2 Å². The van der Waals surface area contributed by atoms with Crippen LogP contribution in [-0.4, -0.2) is 31.6 Å². The van der Waals surface area contributed by atoms with E-state index >= 15 is 0 Å². The summed E-state index contributed by atoms with van der Waals surface area (Å²) in [6, 6.07) is 19.7. The van der Waals surface area contributed by atoms with E-state index in [1.807, 2.05) is 0 Å². The molecule has 0 bridgehead atoms. The maximum atomic E-state index is 5.56. The average Bonchev–Trinajstić information content (AvgIpc) is 2.74. The first-order valence-corrected chi connectivity index (χ1v) is 10.3. The van der Waals surface area contributed by atoms with E-state index in [0.717, 1.165) is 18.2 Å². The number of methoxy groups -OCH3 is 1. The van der Waals surface area contributed by atoms with Crippen LogP contribution < -0.4 is 4.74 Å². The Balaban J connectivity index is 1.71. The molecule has 1 saturated heterocycles. The summed E-state index contributed by atoms with van der Waals surface area (Å²) in [6.45, 7) is 5.88. The highest BCUT2D eigenvalue weighted by Crippen LogP contribution is 2.51. The molecule has 2 aromatic carbocycles. The van der Waals surface area contributed by atoms with Gasteiger partial charge in [-0.15, -0.1) is 0 Å². The molecule has 0 amide bonds. The number of allylic oxidation sites excluding steroid dienone is 1. The Labute approximate surface area is 163 Å². The van der Waals surface area contributed by atoms with E-state index in [0.29, 0.717) is 0 Å². The van der Waals surface area contributed by atoms with Crippen molar-refractivity contribution in [3.8, 4) is 5.75 Å². The summed E-state index contributed by atoms with van der Waals surface area (Å²) in [5.74, 6) is 1.71. The van der Waals surface area contributed by atoms with E-state index in [4.69, 9.17) is 4.74 Å². The van der Waals surface area contributed by atoms with Crippen molar-refractivity contribution in [2.75, 3.05) is 26.7 Å². The summed E-state index contributed by atoms with van der Waals surface area (Å²) in [4.78, 5) is 2.63. The van der Waals surface area contributed by atoms with E-state index in [2.05, 4.69) is 72.5 Å². The summed E-state index contributed by atoms with van der Waals surface area (Å²) in [5, 5.41) is 0. The SMILES string of the molecule is CCN1CC[C@@]2(c3cccc(OC)c3)CC(=Cc3ccccc3)CC[C@@H]2C1. The summed E-state index contributed by atoms with van der Waals surface area (Å²) < 4.78 is 5.56. The number of fused-ring (bicyclic) bond motifs is 1. The number of hydrogen-bond donors (Lipinski definition) is 0. The molecule has 4 rings (SSSR count). The van der Waals surface area contributed by atoms with Crippen LogP contribution in [0.5, 0.6) is 5.75 Å². The molecule has 142 valence electrons. The Kier molecular flexibility index (Phi) is 5.36. The van der Waals surface area contributed by atoms with E-state index in [-0.39, 0.29) is 5.41 Å². The molecule has 0 spiro atoms. The van der Waals surface area contributed by atoms with E-state index in [1.165, 1.54) is 49.9 Å². The summed E-state index contributed by atoms with van der Waals surface area (Å²) in [6.07, 6.45) is 7.36. The van der Waals surface area contributed by atoms with Crippen LogP contribution in [-0.2, 0) is 5.41 Å². The lowest BCUT2D eigenvalue weighted by Crippen LogP contribution is -2.51. The first-order chi connectivity index (χ1) is 13.2. The minimum absolute atomic E-state index is 0.249. The maximum Gasteiger partial charge on any atom is 0.119 e. The molecule has 2 fully saturated rings. The first-order valence-electron chi connectivity index (χ1n) is 10.3. The molecule has 0 N–H and O–H groups in total. The van der Waals surface area contributed by atoms with Gasteiger partial charge in [-0.3, -0.25) is 0 Å². The van der Waals surface area contributed by atoms with Crippen LogP contribution >= 0.6 is 0 Å². The molecule has 27 heavy (non-hydrogen) atoms. The zero-order valence-electron chi connectivity index (χ0n) is 16.7. The lowest BCUT2D eigenvalue weighted by atomic mass is 9.58. The van der Waals surface area contributed by atoms with Gasteiger partial charge in [0.05, 0.1) is 7.11 Å². The van der Waals surface area contributed by atoms with E-state index in [9.17, 15) is 0 Å². The second kappa shape index (κ2) is 7.90. The molecule has 2 nitrogen and oxygen atoms in total. The standard InChI is InChI=1S/C25H31NO/c1-3-26-15-14-25(22-10-7-11-24(17-22)27-2)18-21(12-13-23(25)19-26)16-20-8-5-4-6-9-20/h4-11,16-17,23H,3,12-15,18-19H2,1-2H3/t23-,25+/m1/s1. The third kappa shape index (κ3) is 3.68. The molecule has 2 heteroatoms. The Morgan fingerprint density at radius 2 is 2.00 bits per heavy atom. The van der Waals surface area contributed by atoms with Crippen LogP contribution in [0.2, 0.25) is 0 Å². The van der Waals surface area contributed by atoms with Crippen molar-refractivity contribution in [3.05, 3.63) is 71.3 Å². The lowest BCUT2D eigenvalue weighted by molar-refractivity contribution is 0.0748. The monoisotopic (exact) mass is 361 g/mol. The zero-order chi connectivity index (χ0) is 18.7. The fraction of sp³-hybridized carbons (Fsp3) is 0.440. The number of rotatable bonds is 4. The Bertz CT molecular complexity index is 797. The Morgan fingerprint density at radius 3 is 2.78 bits per heavy atom. The zero-order valence-corrected chi connectivity index (χ0v) is 16.7. The average molecular weight is 362 g/mol. The van der Waals surface area contributed by atoms with Gasteiger partial charge in [-0.1, -0.05) is 61.0 Å². The minimum atomic E-state index is 0.249. The fourth-order valence-electron chi connectivity index (χ4n) is 5.20. The number of piperidine rings is 1. The maximum absolute atomic E-state index is 5.56. The highest BCUT2D eigenvalue weighted by atomic mass is 16.5. The summed E-state index contributed by atoms with van der Waals surface area (Å²) >= 11 is 0. The van der Waals surface area contributed by atoms with Crippen LogP contribution in [0.1, 0.15) is 43.7 Å². The first kappa shape index (κ1) is 18.3. The lowest BCUT2D eigenvalue weighted by Gasteiger charge is -2.52. The smallest absolute Gasteiger partial charge is 0.119 e. The van der Waals surface area contributed by atoms with Crippen LogP contribution in [0.3, 0.4) is 0 Å². The van der Waals surface area contributed by atoms with Gasteiger partial charge in [0.15, 0.2) is 0 Å². The van der Waals surface area contributed by atoms with Gasteiger partial charge in [-0.25, -0.2) is 0 Å². The molecular weight excluding hydrogens is 330 g/mol. The molecule has 0 aromatic heterocycles. The van der Waals surface area contributed by atoms with Crippen LogP contribution in [0.25, 0.3) is 6.08 Å². The number of nitrogens with zero attached hydrogens (tertiary/aromatic N) is 1. The van der Waals surface area contributed by atoms with Gasteiger partial charge in [-0.05, 0) is 68.0 Å². The van der Waals surface area contributed by atoms with Gasteiger partial charge in [0.1, 0.15) is 5.75 Å². The second-order valence-corrected chi connectivity index (χ2v) is 8.16. The van der Waals surface area contributed by atoms with Gasteiger partial charge < -0.3 is 9.64 Å². The molecular formula is C25H31NO. The molecule has 2 atom stereocenters. The topological polar surface area (TPSA) is 12.5 Å². The Hall–Kier alpha value is -2.06. The van der Waals surface area contributed by atoms with Gasteiger partial charge >= 0.3 is 0 Å². The molecule has 1 aliphatic heterocycles. The molecule has 1 aliphatic carbocycles. The number of benzene rings is 2. The predicted molar refractivity (Wildman–Crippen MR) is 113 cm³/mol. The second-order valence-electron chi connectivity index (χ2n) is 8.16. The van der Waals surface area contributed by atoms with Gasteiger partial charge in [0, 0.05) is 12.0 Å². The highest BCUT2D eigenvalue weighted by molar-refractivity contribution is 5.54. The van der Waals surface area contributed by atoms with Crippen molar-refractivity contribution in [3.63, 3.8) is 0 Å². The normalized spacial score (nSPS) is 27.3. The predicted octanol–water partition coefficient (Wildman–Crippen LogP) is 5.54. The molecule has 1 heterocycles. The summed E-state index contributed by atoms with van der Waals surface area (Å²) in [7, 11) is 1.77. The quantitative estimate of drug-likeness (QED) is 0.709. The molecule has 1 saturated carbocycles. The third-order valence-corrected chi connectivity index (χ3v) is 6.75. The van der Waals surface area contributed by atoms with E-state index in [1.54, 1.807) is 12.7 Å². The fourth-order valence-corrected chi connectivity index (χ4v) is 5.20. The highest BCUT2D eigenvalue weighted by Gasteiger charge is 2.46. The molecule has 0 unspecified atom stereocenters. The van der Waals surface area contributed by atoms with Crippen LogP contribution in [0.4, 0.5) is 0 Å². The summed E-state index contributed by atoms with van der Waals surface area (Å²) in [5.41, 5.74) is 4.66. The number of ether oxygens (including phenoxy) is 1. The van der Waals surface area contributed by atoms with E-state index < -0.39 is 0 Å². The van der Waals surface area contributed by atoms with Crippen molar-refractivity contribution in [2.45, 2.75) is 38.0 Å². The molecule has 2 aliphatic rings. The van der Waals surface area contributed by atoms with Crippen LogP contribution in [0, 0.1) is 5.92 Å². The van der Waals surface area contributed by atoms with Gasteiger partial charge in [-0.2, -0.15) is 0 Å². The molecule has 0 radical (unpaired) electrons. The number of hydrogen-bond acceptors (Lipinski definition) is 2.